The SMILES string of the molecule is CC(=O)c1ccc2c(c1)CCC1(CC2)NC(=O)NC1=O. The third-order valence-corrected chi connectivity index (χ3v) is 4.27. The Bertz CT molecular complexity index is 624. The van der Waals surface area contributed by atoms with Gasteiger partial charge in [-0.3, -0.25) is 14.9 Å². The summed E-state index contributed by atoms with van der Waals surface area (Å²) in [7, 11) is 0. The lowest BCUT2D eigenvalue weighted by molar-refractivity contribution is -0.124. The summed E-state index contributed by atoms with van der Waals surface area (Å²) in [6.07, 6.45) is 2.57. The Hall–Kier alpha value is -2.17. The van der Waals surface area contributed by atoms with Crippen molar-refractivity contribution in [3.8, 4) is 0 Å². The molecule has 1 fully saturated rings. The van der Waals surface area contributed by atoms with Crippen LogP contribution in [-0.4, -0.2) is 23.3 Å². The Morgan fingerprint density at radius 3 is 2.45 bits per heavy atom. The summed E-state index contributed by atoms with van der Waals surface area (Å²) in [6.45, 7) is 1.55. The number of carbonyl (C=O) groups is 3. The number of ketones is 1. The topological polar surface area (TPSA) is 75.3 Å². The maximum absolute atomic E-state index is 12.0. The summed E-state index contributed by atoms with van der Waals surface area (Å²) < 4.78 is 0. The van der Waals surface area contributed by atoms with E-state index in [0.717, 1.165) is 17.5 Å². The van der Waals surface area contributed by atoms with Gasteiger partial charge in [-0.15, -0.1) is 0 Å². The zero-order chi connectivity index (χ0) is 14.3. The van der Waals surface area contributed by atoms with Crippen molar-refractivity contribution in [2.24, 2.45) is 0 Å². The van der Waals surface area contributed by atoms with Crippen molar-refractivity contribution in [2.45, 2.75) is 38.1 Å². The van der Waals surface area contributed by atoms with Crippen molar-refractivity contribution in [1.82, 2.24) is 10.6 Å². The van der Waals surface area contributed by atoms with Crippen molar-refractivity contribution >= 4 is 17.7 Å². The molecule has 1 spiro atoms. The third-order valence-electron chi connectivity index (χ3n) is 4.27. The van der Waals surface area contributed by atoms with E-state index in [1.54, 1.807) is 6.92 Å². The van der Waals surface area contributed by atoms with Crippen LogP contribution in [0.2, 0.25) is 0 Å². The first kappa shape index (κ1) is 12.8. The molecule has 0 radical (unpaired) electrons. The number of rotatable bonds is 1. The second-order valence-corrected chi connectivity index (χ2v) is 5.53. The van der Waals surface area contributed by atoms with Crippen molar-refractivity contribution in [2.75, 3.05) is 0 Å². The molecule has 20 heavy (non-hydrogen) atoms. The number of fused-ring (bicyclic) bond motifs is 1. The zero-order valence-electron chi connectivity index (χ0n) is 11.3. The van der Waals surface area contributed by atoms with E-state index in [4.69, 9.17) is 0 Å². The van der Waals surface area contributed by atoms with Crippen LogP contribution in [0.15, 0.2) is 18.2 Å². The predicted molar refractivity (Wildman–Crippen MR) is 72.5 cm³/mol. The highest BCUT2D eigenvalue weighted by atomic mass is 16.2. The summed E-state index contributed by atoms with van der Waals surface area (Å²) in [5, 5.41) is 5.08. The van der Waals surface area contributed by atoms with Gasteiger partial charge in [-0.1, -0.05) is 12.1 Å². The van der Waals surface area contributed by atoms with Gasteiger partial charge in [0.1, 0.15) is 5.54 Å². The Morgan fingerprint density at radius 2 is 1.85 bits per heavy atom. The highest BCUT2D eigenvalue weighted by Crippen LogP contribution is 2.30. The van der Waals surface area contributed by atoms with Crippen LogP contribution >= 0.6 is 0 Å². The van der Waals surface area contributed by atoms with Gasteiger partial charge in [0.25, 0.3) is 5.91 Å². The number of urea groups is 1. The van der Waals surface area contributed by atoms with Gasteiger partial charge in [-0.05, 0) is 49.8 Å². The first-order valence-corrected chi connectivity index (χ1v) is 6.76. The lowest BCUT2D eigenvalue weighted by Crippen LogP contribution is -2.46. The molecule has 1 heterocycles. The van der Waals surface area contributed by atoms with Gasteiger partial charge >= 0.3 is 6.03 Å². The van der Waals surface area contributed by atoms with Crippen molar-refractivity contribution < 1.29 is 14.4 Å². The fourth-order valence-electron chi connectivity index (χ4n) is 3.02. The van der Waals surface area contributed by atoms with Crippen LogP contribution in [0.3, 0.4) is 0 Å². The fourth-order valence-corrected chi connectivity index (χ4v) is 3.02. The number of aryl methyl sites for hydroxylation is 2. The van der Waals surface area contributed by atoms with E-state index in [-0.39, 0.29) is 11.7 Å². The first-order chi connectivity index (χ1) is 9.50. The van der Waals surface area contributed by atoms with Crippen LogP contribution in [0, 0.1) is 0 Å². The van der Waals surface area contributed by atoms with E-state index in [1.807, 2.05) is 18.2 Å². The maximum Gasteiger partial charge on any atom is 0.322 e. The quantitative estimate of drug-likeness (QED) is 0.598. The Balaban J connectivity index is 1.90. The lowest BCUT2D eigenvalue weighted by Gasteiger charge is -2.23. The number of Topliss-reactive ketones (excluding diaryl/α,β-unsaturated/α-hetero) is 1. The van der Waals surface area contributed by atoms with Gasteiger partial charge in [0.2, 0.25) is 0 Å². The van der Waals surface area contributed by atoms with Gasteiger partial charge in [0.15, 0.2) is 5.78 Å². The number of benzene rings is 1. The molecule has 1 saturated heterocycles. The van der Waals surface area contributed by atoms with E-state index in [2.05, 4.69) is 10.6 Å². The average Bonchev–Trinajstić information content (AvgIpc) is 2.58. The van der Waals surface area contributed by atoms with Gasteiger partial charge in [-0.2, -0.15) is 0 Å². The number of carbonyl (C=O) groups excluding carboxylic acids is 3. The molecule has 104 valence electrons. The molecule has 1 atom stereocenters. The van der Waals surface area contributed by atoms with Crippen LogP contribution in [-0.2, 0) is 17.6 Å². The zero-order valence-corrected chi connectivity index (χ0v) is 11.3. The normalized spacial score (nSPS) is 24.9. The van der Waals surface area contributed by atoms with Crippen LogP contribution in [0.4, 0.5) is 4.79 Å². The largest absolute Gasteiger partial charge is 0.323 e. The maximum atomic E-state index is 12.0. The molecular weight excluding hydrogens is 256 g/mol. The fraction of sp³-hybridized carbons (Fsp3) is 0.400. The number of hydrogen-bond acceptors (Lipinski definition) is 3. The molecule has 1 unspecified atom stereocenters. The van der Waals surface area contributed by atoms with Crippen LogP contribution in [0.1, 0.15) is 41.3 Å². The van der Waals surface area contributed by atoms with E-state index in [9.17, 15) is 14.4 Å². The van der Waals surface area contributed by atoms with Crippen LogP contribution in [0.5, 0.6) is 0 Å². The lowest BCUT2D eigenvalue weighted by atomic mass is 9.90. The third kappa shape index (κ3) is 1.99. The summed E-state index contributed by atoms with van der Waals surface area (Å²) in [5.74, 6) is -0.194. The average molecular weight is 272 g/mol. The first-order valence-electron chi connectivity index (χ1n) is 6.76. The second-order valence-electron chi connectivity index (χ2n) is 5.53. The Labute approximate surface area is 116 Å². The standard InChI is InChI=1S/C15H16N2O3/c1-9(18)11-3-2-10-4-6-15(7-5-12(10)8-11)13(19)16-14(20)17-15/h2-3,8H,4-7H2,1H3,(H2,16,17,19,20). The minimum atomic E-state index is -0.785. The summed E-state index contributed by atoms with van der Waals surface area (Å²) in [6, 6.07) is 5.28. The highest BCUT2D eigenvalue weighted by Gasteiger charge is 2.46. The number of nitrogens with one attached hydrogen (secondary N) is 2. The molecule has 1 aromatic carbocycles. The number of hydrogen-bond donors (Lipinski definition) is 2. The van der Waals surface area contributed by atoms with E-state index in [1.165, 1.54) is 0 Å². The second kappa shape index (κ2) is 4.44. The van der Waals surface area contributed by atoms with E-state index < -0.39 is 11.6 Å². The molecule has 2 N–H and O–H groups in total. The minimum absolute atomic E-state index is 0.0404. The molecule has 1 aliphatic heterocycles. The molecule has 3 amide bonds. The molecule has 0 saturated carbocycles. The molecule has 0 aromatic heterocycles. The molecule has 2 aliphatic rings. The van der Waals surface area contributed by atoms with Crippen molar-refractivity contribution in [1.29, 1.82) is 0 Å². The van der Waals surface area contributed by atoms with Crippen LogP contribution in [0.25, 0.3) is 0 Å². The molecule has 0 bridgehead atoms. The highest BCUT2D eigenvalue weighted by molar-refractivity contribution is 6.07. The smallest absolute Gasteiger partial charge is 0.322 e. The Kier molecular flexibility index (Phi) is 2.85. The summed E-state index contributed by atoms with van der Waals surface area (Å²) >= 11 is 0. The Morgan fingerprint density at radius 1 is 1.15 bits per heavy atom. The van der Waals surface area contributed by atoms with E-state index >= 15 is 0 Å². The van der Waals surface area contributed by atoms with Crippen LogP contribution < -0.4 is 10.6 Å². The molecular formula is C15H16N2O3. The van der Waals surface area contributed by atoms with Gasteiger partial charge in [0.05, 0.1) is 0 Å². The summed E-state index contributed by atoms with van der Waals surface area (Å²) in [5.41, 5.74) is 2.16. The minimum Gasteiger partial charge on any atom is -0.323 e. The molecule has 5 nitrogen and oxygen atoms in total. The van der Waals surface area contributed by atoms with Crippen molar-refractivity contribution in [3.63, 3.8) is 0 Å². The van der Waals surface area contributed by atoms with Gasteiger partial charge < -0.3 is 5.32 Å². The number of imide groups is 1. The molecule has 3 rings (SSSR count). The monoisotopic (exact) mass is 272 g/mol. The van der Waals surface area contributed by atoms with E-state index in [0.29, 0.717) is 24.8 Å². The number of amides is 3. The molecule has 5 heteroatoms. The van der Waals surface area contributed by atoms with Gasteiger partial charge in [-0.25, -0.2) is 4.79 Å². The van der Waals surface area contributed by atoms with Crippen molar-refractivity contribution in [3.05, 3.63) is 34.9 Å². The van der Waals surface area contributed by atoms with Gasteiger partial charge in [0, 0.05) is 5.56 Å². The molecule has 1 aromatic rings. The summed E-state index contributed by atoms with van der Waals surface area (Å²) in [4.78, 5) is 34.8. The predicted octanol–water partition coefficient (Wildman–Crippen LogP) is 1.35. The molecule has 1 aliphatic carbocycles.